The van der Waals surface area contributed by atoms with Crippen molar-refractivity contribution in [3.05, 3.63) is 59.7 Å². The van der Waals surface area contributed by atoms with Gasteiger partial charge in [0.15, 0.2) is 0 Å². The molecule has 2 aromatic rings. The van der Waals surface area contributed by atoms with Gasteiger partial charge in [-0.05, 0) is 28.7 Å². The number of hydrogen-bond donors (Lipinski definition) is 2. The van der Waals surface area contributed by atoms with Crippen molar-refractivity contribution in [1.82, 2.24) is 10.2 Å². The van der Waals surface area contributed by atoms with Crippen molar-refractivity contribution in [2.45, 2.75) is 24.8 Å². The summed E-state index contributed by atoms with van der Waals surface area (Å²) in [5, 5.41) is 11.5. The van der Waals surface area contributed by atoms with Gasteiger partial charge in [0.1, 0.15) is 22.5 Å². The Balaban J connectivity index is 1.66. The number of alkyl carbamates (subject to hydrolysis) is 1. The molecule has 1 atom stereocenters. The monoisotopic (exact) mass is 488 g/mol. The summed E-state index contributed by atoms with van der Waals surface area (Å²) in [7, 11) is -1.89. The quantitative estimate of drug-likeness (QED) is 0.525. The number of aliphatic carboxylic acids is 1. The summed E-state index contributed by atoms with van der Waals surface area (Å²) in [6.07, 6.45) is -0.286. The lowest BCUT2D eigenvalue weighted by Crippen LogP contribution is -2.48. The van der Waals surface area contributed by atoms with Crippen molar-refractivity contribution < 1.29 is 32.6 Å². The fourth-order valence-electron chi connectivity index (χ4n) is 3.99. The molecule has 0 aromatic heterocycles. The van der Waals surface area contributed by atoms with Crippen molar-refractivity contribution >= 4 is 27.8 Å². The Morgan fingerprint density at radius 2 is 1.62 bits per heavy atom. The van der Waals surface area contributed by atoms with Gasteiger partial charge in [0.25, 0.3) is 0 Å². The second kappa shape index (κ2) is 10.7. The number of amides is 2. The van der Waals surface area contributed by atoms with E-state index in [0.717, 1.165) is 33.4 Å². The zero-order valence-corrected chi connectivity index (χ0v) is 19.9. The molecule has 1 aliphatic carbocycles. The maximum absolute atomic E-state index is 12.8. The third-order valence-corrected chi connectivity index (χ3v) is 6.68. The number of nitrogens with zero attached hydrogens (tertiary/aromatic N) is 1. The SMILES string of the molecule is CN(CCS(C)(=O)=O)C(=O)C(CCC(=O)O)NC(=O)OCC1c2ccccc2-c2ccccc21. The first-order valence-corrected chi connectivity index (χ1v) is 12.9. The predicted octanol–water partition coefficient (Wildman–Crippen LogP) is 2.26. The number of carbonyl (C=O) groups is 3. The molecule has 0 aliphatic heterocycles. The van der Waals surface area contributed by atoms with E-state index in [2.05, 4.69) is 5.32 Å². The van der Waals surface area contributed by atoms with Crippen LogP contribution in [0, 0.1) is 0 Å². The average Bonchev–Trinajstić information content (AvgIpc) is 3.11. The van der Waals surface area contributed by atoms with Crippen LogP contribution in [0.4, 0.5) is 4.79 Å². The zero-order chi connectivity index (χ0) is 24.9. The van der Waals surface area contributed by atoms with Gasteiger partial charge in [0.05, 0.1) is 5.75 Å². The molecule has 1 aliphatic rings. The van der Waals surface area contributed by atoms with Crippen LogP contribution in [0.15, 0.2) is 48.5 Å². The highest BCUT2D eigenvalue weighted by Gasteiger charge is 2.30. The van der Waals surface area contributed by atoms with Gasteiger partial charge < -0.3 is 20.1 Å². The van der Waals surface area contributed by atoms with E-state index in [1.54, 1.807) is 0 Å². The molecule has 34 heavy (non-hydrogen) atoms. The summed E-state index contributed by atoms with van der Waals surface area (Å²) < 4.78 is 28.3. The minimum atomic E-state index is -3.29. The minimum absolute atomic E-state index is 0.0453. The smallest absolute Gasteiger partial charge is 0.407 e. The highest BCUT2D eigenvalue weighted by Crippen LogP contribution is 2.44. The van der Waals surface area contributed by atoms with Crippen molar-refractivity contribution in [2.24, 2.45) is 0 Å². The summed E-state index contributed by atoms with van der Waals surface area (Å²) in [5.74, 6) is -2.11. The van der Waals surface area contributed by atoms with Crippen LogP contribution in [-0.4, -0.2) is 74.6 Å². The van der Waals surface area contributed by atoms with Gasteiger partial charge in [-0.25, -0.2) is 13.2 Å². The van der Waals surface area contributed by atoms with E-state index in [-0.39, 0.29) is 37.7 Å². The molecule has 2 aromatic carbocycles. The first-order chi connectivity index (χ1) is 16.1. The fourth-order valence-corrected chi connectivity index (χ4v) is 4.59. The molecular formula is C24H28N2O7S. The lowest BCUT2D eigenvalue weighted by Gasteiger charge is -2.24. The van der Waals surface area contributed by atoms with Crippen LogP contribution in [0.1, 0.15) is 29.9 Å². The highest BCUT2D eigenvalue weighted by molar-refractivity contribution is 7.90. The van der Waals surface area contributed by atoms with E-state index < -0.39 is 33.8 Å². The Labute approximate surface area is 198 Å². The van der Waals surface area contributed by atoms with Crippen LogP contribution in [0.2, 0.25) is 0 Å². The summed E-state index contributed by atoms with van der Waals surface area (Å²) in [5.41, 5.74) is 4.23. The number of fused-ring (bicyclic) bond motifs is 3. The van der Waals surface area contributed by atoms with E-state index >= 15 is 0 Å². The van der Waals surface area contributed by atoms with Crippen molar-refractivity contribution in [2.75, 3.05) is 32.2 Å². The molecule has 0 fully saturated rings. The summed E-state index contributed by atoms with van der Waals surface area (Å²) >= 11 is 0. The molecule has 182 valence electrons. The normalized spacial score (nSPS) is 13.5. The Hall–Kier alpha value is -3.40. The maximum Gasteiger partial charge on any atom is 0.407 e. The number of nitrogens with one attached hydrogen (secondary N) is 1. The molecule has 2 amide bonds. The van der Waals surface area contributed by atoms with Crippen LogP contribution >= 0.6 is 0 Å². The van der Waals surface area contributed by atoms with Gasteiger partial charge in [-0.1, -0.05) is 48.5 Å². The van der Waals surface area contributed by atoms with Gasteiger partial charge in [-0.3, -0.25) is 9.59 Å². The Bertz CT molecular complexity index is 1130. The fraction of sp³-hybridized carbons (Fsp3) is 0.375. The van der Waals surface area contributed by atoms with Gasteiger partial charge in [-0.2, -0.15) is 0 Å². The second-order valence-corrected chi connectivity index (χ2v) is 10.6. The third kappa shape index (κ3) is 6.34. The summed E-state index contributed by atoms with van der Waals surface area (Å²) in [6.45, 7) is -0.0305. The average molecular weight is 489 g/mol. The summed E-state index contributed by atoms with van der Waals surface area (Å²) in [4.78, 5) is 37.5. The molecule has 3 rings (SSSR count). The number of likely N-dealkylation sites (N-methyl/N-ethyl adjacent to an activating group) is 1. The molecular weight excluding hydrogens is 460 g/mol. The largest absolute Gasteiger partial charge is 0.481 e. The minimum Gasteiger partial charge on any atom is -0.481 e. The molecule has 0 saturated carbocycles. The van der Waals surface area contributed by atoms with E-state index in [1.165, 1.54) is 7.05 Å². The van der Waals surface area contributed by atoms with Crippen LogP contribution in [-0.2, 0) is 24.2 Å². The molecule has 0 spiro atoms. The predicted molar refractivity (Wildman–Crippen MR) is 126 cm³/mol. The number of carboxylic acid groups (broad SMARTS) is 1. The van der Waals surface area contributed by atoms with Crippen LogP contribution < -0.4 is 5.32 Å². The molecule has 9 nitrogen and oxygen atoms in total. The van der Waals surface area contributed by atoms with Crippen LogP contribution in [0.3, 0.4) is 0 Å². The van der Waals surface area contributed by atoms with E-state index in [9.17, 15) is 22.8 Å². The highest BCUT2D eigenvalue weighted by atomic mass is 32.2. The number of ether oxygens (including phenoxy) is 1. The van der Waals surface area contributed by atoms with Gasteiger partial charge in [0.2, 0.25) is 5.91 Å². The zero-order valence-electron chi connectivity index (χ0n) is 19.1. The topological polar surface area (TPSA) is 130 Å². The van der Waals surface area contributed by atoms with E-state index in [4.69, 9.17) is 9.84 Å². The van der Waals surface area contributed by atoms with E-state index in [0.29, 0.717) is 0 Å². The molecule has 0 heterocycles. The molecule has 0 saturated heterocycles. The van der Waals surface area contributed by atoms with Gasteiger partial charge in [0, 0.05) is 32.2 Å². The van der Waals surface area contributed by atoms with Gasteiger partial charge in [-0.15, -0.1) is 0 Å². The Morgan fingerprint density at radius 1 is 1.06 bits per heavy atom. The maximum atomic E-state index is 12.8. The Kier molecular flexibility index (Phi) is 7.93. The van der Waals surface area contributed by atoms with Crippen LogP contribution in [0.5, 0.6) is 0 Å². The number of rotatable bonds is 10. The number of hydrogen-bond acceptors (Lipinski definition) is 6. The lowest BCUT2D eigenvalue weighted by atomic mass is 9.98. The molecule has 0 radical (unpaired) electrons. The van der Waals surface area contributed by atoms with Crippen molar-refractivity contribution in [3.63, 3.8) is 0 Å². The first-order valence-electron chi connectivity index (χ1n) is 10.8. The second-order valence-electron chi connectivity index (χ2n) is 8.34. The molecule has 1 unspecified atom stereocenters. The standard InChI is InChI=1S/C24H28N2O7S/c1-26(13-14-34(2,31)32)23(29)21(11-12-22(27)28)25-24(30)33-15-20-18-9-5-3-7-16(18)17-8-4-6-10-19(17)20/h3-10,20-21H,11-15H2,1-2H3,(H,25,30)(H,27,28). The number of sulfone groups is 1. The van der Waals surface area contributed by atoms with Gasteiger partial charge >= 0.3 is 12.1 Å². The van der Waals surface area contributed by atoms with Crippen molar-refractivity contribution in [3.8, 4) is 11.1 Å². The summed E-state index contributed by atoms with van der Waals surface area (Å²) in [6, 6.07) is 14.6. The first kappa shape index (κ1) is 25.2. The number of carboxylic acids is 1. The Morgan fingerprint density at radius 3 is 2.15 bits per heavy atom. The van der Waals surface area contributed by atoms with Crippen molar-refractivity contribution in [1.29, 1.82) is 0 Å². The van der Waals surface area contributed by atoms with E-state index in [1.807, 2.05) is 48.5 Å². The number of benzene rings is 2. The number of carbonyl (C=O) groups excluding carboxylic acids is 2. The molecule has 0 bridgehead atoms. The molecule has 2 N–H and O–H groups in total. The lowest BCUT2D eigenvalue weighted by molar-refractivity contribution is -0.137. The third-order valence-electron chi connectivity index (χ3n) is 5.75. The molecule has 10 heteroatoms. The van der Waals surface area contributed by atoms with Crippen LogP contribution in [0.25, 0.3) is 11.1 Å².